The molecule has 0 bridgehead atoms. The highest BCUT2D eigenvalue weighted by molar-refractivity contribution is 7.09. The molecule has 0 saturated carbocycles. The van der Waals surface area contributed by atoms with E-state index in [0.29, 0.717) is 11.3 Å². The van der Waals surface area contributed by atoms with Crippen LogP contribution in [0, 0.1) is 0 Å². The molecular weight excluding hydrogens is 442 g/mol. The third-order valence-electron chi connectivity index (χ3n) is 6.16. The zero-order chi connectivity index (χ0) is 23.4. The summed E-state index contributed by atoms with van der Waals surface area (Å²) in [5.74, 6) is -0.347. The monoisotopic (exact) mass is 471 g/mol. The molecular formula is C23H29N5O4S. The SMILES string of the molecule is COc1cccc(C2(C)NC(=O)N(NC(=O)CN3CCN(CCc4cccs4)CC3)C2=O)c1. The van der Waals surface area contributed by atoms with Crippen LogP contribution in [-0.2, 0) is 21.5 Å². The fraction of sp³-hybridized carbons (Fsp3) is 0.435. The Morgan fingerprint density at radius 1 is 1.15 bits per heavy atom. The number of piperazine rings is 1. The van der Waals surface area contributed by atoms with Crippen molar-refractivity contribution in [2.75, 3.05) is 46.4 Å². The third kappa shape index (κ3) is 5.18. The quantitative estimate of drug-likeness (QED) is 0.566. The van der Waals surface area contributed by atoms with Gasteiger partial charge in [0.05, 0.1) is 13.7 Å². The summed E-state index contributed by atoms with van der Waals surface area (Å²) in [5, 5.41) is 5.56. The second-order valence-corrected chi connectivity index (χ2v) is 9.44. The minimum Gasteiger partial charge on any atom is -0.497 e. The fourth-order valence-corrected chi connectivity index (χ4v) is 4.83. The summed E-state index contributed by atoms with van der Waals surface area (Å²) in [5.41, 5.74) is 1.78. The predicted molar refractivity (Wildman–Crippen MR) is 125 cm³/mol. The second-order valence-electron chi connectivity index (χ2n) is 8.41. The van der Waals surface area contributed by atoms with E-state index in [9.17, 15) is 14.4 Å². The standard InChI is InChI=1S/C23H29N5O4S/c1-23(17-5-3-6-18(15-17)32-2)21(30)28(22(31)24-23)25-20(29)16-27-12-10-26(11-13-27)9-8-19-7-4-14-33-19/h3-7,14-15H,8-13,16H2,1-2H3,(H,24,31)(H,25,29). The van der Waals surface area contributed by atoms with E-state index in [1.54, 1.807) is 42.5 Å². The van der Waals surface area contributed by atoms with E-state index in [1.807, 2.05) is 4.90 Å². The van der Waals surface area contributed by atoms with Gasteiger partial charge >= 0.3 is 6.03 Å². The molecule has 4 rings (SSSR count). The number of hydrogen-bond donors (Lipinski definition) is 2. The topological polar surface area (TPSA) is 94.2 Å². The molecule has 2 saturated heterocycles. The van der Waals surface area contributed by atoms with Crippen LogP contribution in [-0.4, -0.2) is 79.0 Å². The smallest absolute Gasteiger partial charge is 0.344 e. The number of carbonyl (C=O) groups is 3. The Morgan fingerprint density at radius 2 is 1.91 bits per heavy atom. The lowest BCUT2D eigenvalue weighted by Crippen LogP contribution is -2.53. The highest BCUT2D eigenvalue weighted by atomic mass is 32.1. The van der Waals surface area contributed by atoms with Crippen LogP contribution < -0.4 is 15.5 Å². The highest BCUT2D eigenvalue weighted by Gasteiger charge is 2.50. The van der Waals surface area contributed by atoms with Crippen LogP contribution in [0.1, 0.15) is 17.4 Å². The largest absolute Gasteiger partial charge is 0.497 e. The van der Waals surface area contributed by atoms with Crippen LogP contribution in [0.5, 0.6) is 5.75 Å². The summed E-state index contributed by atoms with van der Waals surface area (Å²) >= 11 is 1.77. The van der Waals surface area contributed by atoms with Crippen LogP contribution in [0.15, 0.2) is 41.8 Å². The van der Waals surface area contributed by atoms with Gasteiger partial charge in [-0.15, -0.1) is 11.3 Å². The Morgan fingerprint density at radius 3 is 2.61 bits per heavy atom. The first-order valence-corrected chi connectivity index (χ1v) is 11.8. The van der Waals surface area contributed by atoms with E-state index < -0.39 is 17.5 Å². The summed E-state index contributed by atoms with van der Waals surface area (Å²) in [6.07, 6.45) is 1.04. The lowest BCUT2D eigenvalue weighted by molar-refractivity contribution is -0.139. The van der Waals surface area contributed by atoms with Crippen LogP contribution in [0.3, 0.4) is 0 Å². The van der Waals surface area contributed by atoms with Crippen LogP contribution in [0.2, 0.25) is 0 Å². The number of imide groups is 1. The molecule has 1 aromatic carbocycles. The number of carbonyl (C=O) groups excluding carboxylic acids is 3. The van der Waals surface area contributed by atoms with Crippen molar-refractivity contribution in [1.82, 2.24) is 25.6 Å². The van der Waals surface area contributed by atoms with Crippen molar-refractivity contribution in [3.8, 4) is 5.75 Å². The number of hydrazine groups is 1. The number of ether oxygens (including phenoxy) is 1. The molecule has 1 atom stereocenters. The van der Waals surface area contributed by atoms with Gasteiger partial charge in [0.25, 0.3) is 11.8 Å². The third-order valence-corrected chi connectivity index (χ3v) is 7.10. The van der Waals surface area contributed by atoms with E-state index in [2.05, 4.69) is 33.2 Å². The summed E-state index contributed by atoms with van der Waals surface area (Å²) in [6.45, 7) is 6.05. The Hall–Kier alpha value is -2.95. The number of benzene rings is 1. The van der Waals surface area contributed by atoms with E-state index in [1.165, 1.54) is 12.0 Å². The van der Waals surface area contributed by atoms with Gasteiger partial charge in [-0.1, -0.05) is 18.2 Å². The Kier molecular flexibility index (Phi) is 6.96. The number of urea groups is 1. The van der Waals surface area contributed by atoms with Gasteiger partial charge in [-0.3, -0.25) is 19.9 Å². The van der Waals surface area contributed by atoms with Gasteiger partial charge in [0.2, 0.25) is 0 Å². The maximum Gasteiger partial charge on any atom is 0.344 e. The Bertz CT molecular complexity index is 1010. The lowest BCUT2D eigenvalue weighted by Gasteiger charge is -2.34. The van der Waals surface area contributed by atoms with Crippen LogP contribution in [0.4, 0.5) is 4.79 Å². The first kappa shape index (κ1) is 23.2. The molecule has 4 amide bonds. The Labute approximate surface area is 197 Å². The van der Waals surface area contributed by atoms with Gasteiger partial charge in [-0.05, 0) is 42.5 Å². The summed E-state index contributed by atoms with van der Waals surface area (Å²) in [7, 11) is 1.53. The normalized spacial score (nSPS) is 21.8. The average Bonchev–Trinajstić information content (AvgIpc) is 3.42. The molecule has 10 heteroatoms. The molecule has 2 fully saturated rings. The predicted octanol–water partition coefficient (Wildman–Crippen LogP) is 1.42. The van der Waals surface area contributed by atoms with E-state index >= 15 is 0 Å². The van der Waals surface area contributed by atoms with E-state index in [0.717, 1.165) is 44.2 Å². The number of hydrogen-bond acceptors (Lipinski definition) is 7. The maximum atomic E-state index is 13.0. The minimum atomic E-state index is -1.28. The molecule has 0 radical (unpaired) electrons. The van der Waals surface area contributed by atoms with Crippen LogP contribution in [0.25, 0.3) is 0 Å². The Balaban J connectivity index is 1.28. The average molecular weight is 472 g/mol. The van der Waals surface area contributed by atoms with E-state index in [-0.39, 0.29) is 12.5 Å². The van der Waals surface area contributed by atoms with Gasteiger partial charge in [0.15, 0.2) is 0 Å². The van der Waals surface area contributed by atoms with Crippen molar-refractivity contribution in [1.29, 1.82) is 0 Å². The molecule has 0 aliphatic carbocycles. The first-order chi connectivity index (χ1) is 15.9. The number of thiophene rings is 1. The van der Waals surface area contributed by atoms with Crippen molar-refractivity contribution >= 4 is 29.2 Å². The highest BCUT2D eigenvalue weighted by Crippen LogP contribution is 2.30. The first-order valence-electron chi connectivity index (χ1n) is 11.0. The molecule has 176 valence electrons. The van der Waals surface area contributed by atoms with E-state index in [4.69, 9.17) is 4.74 Å². The summed E-state index contributed by atoms with van der Waals surface area (Å²) in [4.78, 5) is 44.0. The zero-order valence-electron chi connectivity index (χ0n) is 18.9. The van der Waals surface area contributed by atoms with Gasteiger partial charge in [-0.25, -0.2) is 4.79 Å². The number of nitrogens with zero attached hydrogens (tertiary/aromatic N) is 3. The molecule has 2 aromatic rings. The number of amides is 4. The number of rotatable bonds is 8. The fourth-order valence-electron chi connectivity index (χ4n) is 4.13. The van der Waals surface area contributed by atoms with Crippen molar-refractivity contribution in [3.63, 3.8) is 0 Å². The van der Waals surface area contributed by atoms with Crippen LogP contribution >= 0.6 is 11.3 Å². The summed E-state index contributed by atoms with van der Waals surface area (Å²) < 4.78 is 5.22. The zero-order valence-corrected chi connectivity index (χ0v) is 19.7. The lowest BCUT2D eigenvalue weighted by atomic mass is 9.92. The van der Waals surface area contributed by atoms with Crippen molar-refractivity contribution in [2.45, 2.75) is 18.9 Å². The van der Waals surface area contributed by atoms with Crippen molar-refractivity contribution < 1.29 is 19.1 Å². The molecule has 3 heterocycles. The van der Waals surface area contributed by atoms with Crippen molar-refractivity contribution in [3.05, 3.63) is 52.2 Å². The number of nitrogens with one attached hydrogen (secondary N) is 2. The summed E-state index contributed by atoms with van der Waals surface area (Å²) in [6, 6.07) is 10.5. The minimum absolute atomic E-state index is 0.131. The molecule has 2 N–H and O–H groups in total. The molecule has 2 aliphatic heterocycles. The second kappa shape index (κ2) is 9.90. The molecule has 0 spiro atoms. The molecule has 2 aliphatic rings. The molecule has 33 heavy (non-hydrogen) atoms. The van der Waals surface area contributed by atoms with Gasteiger partial charge in [0.1, 0.15) is 11.3 Å². The van der Waals surface area contributed by atoms with Gasteiger partial charge < -0.3 is 15.0 Å². The van der Waals surface area contributed by atoms with Crippen molar-refractivity contribution in [2.24, 2.45) is 0 Å². The molecule has 1 aromatic heterocycles. The molecule has 1 unspecified atom stereocenters. The van der Waals surface area contributed by atoms with Gasteiger partial charge in [-0.2, -0.15) is 5.01 Å². The number of methoxy groups -OCH3 is 1. The molecule has 9 nitrogen and oxygen atoms in total. The van der Waals surface area contributed by atoms with Gasteiger partial charge in [0, 0.05) is 37.6 Å². The maximum absolute atomic E-state index is 13.0.